The van der Waals surface area contributed by atoms with Gasteiger partial charge in [0.15, 0.2) is 0 Å². The number of halogens is 1. The molecule has 6 heteroatoms. The number of benzene rings is 1. The third kappa shape index (κ3) is 4.69. The number of hydrogen-bond donors (Lipinski definition) is 2. The SMILES string of the molecule is Cl.O=C(NC1CCNCC1)C1CC(=O)N(Cc2ccccc2)C1. The average Bonchev–Trinajstić information content (AvgIpc) is 2.90. The lowest BCUT2D eigenvalue weighted by Gasteiger charge is -2.25. The molecule has 3 rings (SSSR count). The molecule has 1 atom stereocenters. The summed E-state index contributed by atoms with van der Waals surface area (Å²) in [5.74, 6) is -0.0868. The number of carbonyl (C=O) groups is 2. The largest absolute Gasteiger partial charge is 0.353 e. The normalized spacial score (nSPS) is 21.8. The van der Waals surface area contributed by atoms with Gasteiger partial charge in [0, 0.05) is 25.6 Å². The van der Waals surface area contributed by atoms with E-state index in [1.165, 1.54) is 0 Å². The lowest BCUT2D eigenvalue weighted by molar-refractivity contribution is -0.129. The fourth-order valence-corrected chi connectivity index (χ4v) is 3.19. The minimum atomic E-state index is -0.203. The number of nitrogens with one attached hydrogen (secondary N) is 2. The molecule has 2 aliphatic heterocycles. The van der Waals surface area contributed by atoms with Crippen LogP contribution in [0.1, 0.15) is 24.8 Å². The molecule has 0 radical (unpaired) electrons. The molecule has 2 heterocycles. The van der Waals surface area contributed by atoms with E-state index in [9.17, 15) is 9.59 Å². The van der Waals surface area contributed by atoms with Crippen molar-refractivity contribution in [2.45, 2.75) is 31.8 Å². The molecule has 126 valence electrons. The van der Waals surface area contributed by atoms with Crippen LogP contribution in [0.2, 0.25) is 0 Å². The van der Waals surface area contributed by atoms with Crippen LogP contribution in [0.3, 0.4) is 0 Å². The van der Waals surface area contributed by atoms with Gasteiger partial charge in [-0.25, -0.2) is 0 Å². The molecule has 2 amide bonds. The van der Waals surface area contributed by atoms with Crippen molar-refractivity contribution in [3.63, 3.8) is 0 Å². The molecule has 2 aliphatic rings. The van der Waals surface area contributed by atoms with Crippen LogP contribution >= 0.6 is 12.4 Å². The number of piperidine rings is 1. The molecule has 1 unspecified atom stereocenters. The quantitative estimate of drug-likeness (QED) is 0.871. The van der Waals surface area contributed by atoms with Crippen LogP contribution in [0.25, 0.3) is 0 Å². The highest BCUT2D eigenvalue weighted by atomic mass is 35.5. The second kappa shape index (κ2) is 8.31. The highest BCUT2D eigenvalue weighted by Crippen LogP contribution is 2.21. The number of nitrogens with zero attached hydrogens (tertiary/aromatic N) is 1. The van der Waals surface area contributed by atoms with Gasteiger partial charge in [-0.3, -0.25) is 9.59 Å². The van der Waals surface area contributed by atoms with E-state index in [1.54, 1.807) is 4.90 Å². The first kappa shape index (κ1) is 17.8. The minimum absolute atomic E-state index is 0. The van der Waals surface area contributed by atoms with Gasteiger partial charge in [0.25, 0.3) is 0 Å². The van der Waals surface area contributed by atoms with E-state index < -0.39 is 0 Å². The van der Waals surface area contributed by atoms with Crippen molar-refractivity contribution in [1.29, 1.82) is 0 Å². The first-order chi connectivity index (χ1) is 10.7. The first-order valence-corrected chi connectivity index (χ1v) is 8.05. The molecule has 0 spiro atoms. The van der Waals surface area contributed by atoms with Gasteiger partial charge in [-0.15, -0.1) is 12.4 Å². The standard InChI is InChI=1S/C17H23N3O2.ClH/c21-16-10-14(17(22)19-15-6-8-18-9-7-15)12-20(16)11-13-4-2-1-3-5-13;/h1-5,14-15,18H,6-12H2,(H,19,22);1H. The van der Waals surface area contributed by atoms with E-state index in [4.69, 9.17) is 0 Å². The van der Waals surface area contributed by atoms with E-state index in [-0.39, 0.29) is 36.2 Å². The van der Waals surface area contributed by atoms with Gasteiger partial charge in [0.2, 0.25) is 11.8 Å². The zero-order chi connectivity index (χ0) is 15.4. The zero-order valence-electron chi connectivity index (χ0n) is 13.2. The lowest BCUT2D eigenvalue weighted by Crippen LogP contribution is -2.45. The monoisotopic (exact) mass is 337 g/mol. The van der Waals surface area contributed by atoms with Crippen molar-refractivity contribution in [2.75, 3.05) is 19.6 Å². The maximum absolute atomic E-state index is 12.3. The van der Waals surface area contributed by atoms with E-state index >= 15 is 0 Å². The lowest BCUT2D eigenvalue weighted by atomic mass is 10.0. The van der Waals surface area contributed by atoms with Crippen LogP contribution in [-0.4, -0.2) is 42.4 Å². The van der Waals surface area contributed by atoms with Gasteiger partial charge >= 0.3 is 0 Å². The maximum Gasteiger partial charge on any atom is 0.225 e. The van der Waals surface area contributed by atoms with Gasteiger partial charge in [0.1, 0.15) is 0 Å². The number of likely N-dealkylation sites (tertiary alicyclic amines) is 1. The summed E-state index contributed by atoms with van der Waals surface area (Å²) in [4.78, 5) is 26.3. The zero-order valence-corrected chi connectivity index (χ0v) is 14.0. The number of carbonyl (C=O) groups excluding carboxylic acids is 2. The van der Waals surface area contributed by atoms with E-state index in [1.807, 2.05) is 30.3 Å². The van der Waals surface area contributed by atoms with Gasteiger partial charge in [0.05, 0.1) is 5.92 Å². The summed E-state index contributed by atoms with van der Waals surface area (Å²) >= 11 is 0. The fraction of sp³-hybridized carbons (Fsp3) is 0.529. The Morgan fingerprint density at radius 2 is 1.91 bits per heavy atom. The highest BCUT2D eigenvalue weighted by Gasteiger charge is 2.34. The maximum atomic E-state index is 12.3. The smallest absolute Gasteiger partial charge is 0.225 e. The third-order valence-electron chi connectivity index (χ3n) is 4.49. The first-order valence-electron chi connectivity index (χ1n) is 8.05. The predicted molar refractivity (Wildman–Crippen MR) is 91.2 cm³/mol. The number of rotatable bonds is 4. The minimum Gasteiger partial charge on any atom is -0.353 e. The fourth-order valence-electron chi connectivity index (χ4n) is 3.19. The summed E-state index contributed by atoms with van der Waals surface area (Å²) in [6.07, 6.45) is 2.28. The van der Waals surface area contributed by atoms with Gasteiger partial charge < -0.3 is 15.5 Å². The predicted octanol–water partition coefficient (Wildman–Crippen LogP) is 1.33. The summed E-state index contributed by atoms with van der Waals surface area (Å²) in [5, 5.41) is 6.39. The molecule has 0 aliphatic carbocycles. The van der Waals surface area contributed by atoms with E-state index in [2.05, 4.69) is 10.6 Å². The van der Waals surface area contributed by atoms with Crippen LogP contribution < -0.4 is 10.6 Å². The molecule has 1 aromatic rings. The van der Waals surface area contributed by atoms with Gasteiger partial charge in [-0.05, 0) is 31.5 Å². The van der Waals surface area contributed by atoms with Crippen molar-refractivity contribution < 1.29 is 9.59 Å². The Morgan fingerprint density at radius 1 is 1.22 bits per heavy atom. The molecule has 0 saturated carbocycles. The summed E-state index contributed by atoms with van der Waals surface area (Å²) in [7, 11) is 0. The Hall–Kier alpha value is -1.59. The topological polar surface area (TPSA) is 61.4 Å². The summed E-state index contributed by atoms with van der Waals surface area (Å²) in [6, 6.07) is 10.2. The molecule has 5 nitrogen and oxygen atoms in total. The second-order valence-electron chi connectivity index (χ2n) is 6.19. The molecule has 2 saturated heterocycles. The Kier molecular flexibility index (Phi) is 6.42. The van der Waals surface area contributed by atoms with E-state index in [0.717, 1.165) is 31.5 Å². The van der Waals surface area contributed by atoms with Crippen molar-refractivity contribution in [1.82, 2.24) is 15.5 Å². The highest BCUT2D eigenvalue weighted by molar-refractivity contribution is 5.89. The molecule has 2 fully saturated rings. The summed E-state index contributed by atoms with van der Waals surface area (Å²) in [6.45, 7) is 3.03. The molecule has 2 N–H and O–H groups in total. The van der Waals surface area contributed by atoms with Gasteiger partial charge in [-0.2, -0.15) is 0 Å². The van der Waals surface area contributed by atoms with Crippen molar-refractivity contribution in [3.8, 4) is 0 Å². The van der Waals surface area contributed by atoms with Crippen LogP contribution in [0.15, 0.2) is 30.3 Å². The second-order valence-corrected chi connectivity index (χ2v) is 6.19. The summed E-state index contributed by atoms with van der Waals surface area (Å²) < 4.78 is 0. The Morgan fingerprint density at radius 3 is 2.61 bits per heavy atom. The molecule has 0 aromatic heterocycles. The Labute approximate surface area is 143 Å². The molecular formula is C17H24ClN3O2. The van der Waals surface area contributed by atoms with Crippen molar-refractivity contribution in [2.24, 2.45) is 5.92 Å². The van der Waals surface area contributed by atoms with Crippen LogP contribution in [0.4, 0.5) is 0 Å². The van der Waals surface area contributed by atoms with Crippen LogP contribution in [-0.2, 0) is 16.1 Å². The summed E-state index contributed by atoms with van der Waals surface area (Å²) in [5.41, 5.74) is 1.11. The number of hydrogen-bond acceptors (Lipinski definition) is 3. The van der Waals surface area contributed by atoms with Crippen LogP contribution in [0, 0.1) is 5.92 Å². The van der Waals surface area contributed by atoms with Crippen molar-refractivity contribution in [3.05, 3.63) is 35.9 Å². The van der Waals surface area contributed by atoms with Crippen molar-refractivity contribution >= 4 is 24.2 Å². The van der Waals surface area contributed by atoms with Crippen LogP contribution in [0.5, 0.6) is 0 Å². The average molecular weight is 338 g/mol. The molecule has 23 heavy (non-hydrogen) atoms. The van der Waals surface area contributed by atoms with Gasteiger partial charge in [-0.1, -0.05) is 30.3 Å². The van der Waals surface area contributed by atoms with E-state index in [0.29, 0.717) is 19.5 Å². The molecular weight excluding hydrogens is 314 g/mol. The Balaban J connectivity index is 0.00000192. The third-order valence-corrected chi connectivity index (χ3v) is 4.49. The molecule has 1 aromatic carbocycles. The Bertz CT molecular complexity index is 532. The number of amides is 2. The molecule has 0 bridgehead atoms.